The van der Waals surface area contributed by atoms with E-state index >= 15 is 0 Å². The number of Topliss-reactive ketones (excluding diaryl/α,β-unsaturated/α-hetero) is 1. The van der Waals surface area contributed by atoms with E-state index in [1.165, 1.54) is 38.5 Å². The lowest BCUT2D eigenvalue weighted by Gasteiger charge is -2.55. The molecule has 2 unspecified atom stereocenters. The molecular weight excluding hydrogens is 482 g/mol. The molecule has 5 nitrogen and oxygen atoms in total. The van der Waals surface area contributed by atoms with E-state index in [4.69, 9.17) is 0 Å². The first-order valence-electron chi connectivity index (χ1n) is 15.3. The number of hydrogen-bond acceptors (Lipinski definition) is 3. The van der Waals surface area contributed by atoms with Gasteiger partial charge in [-0.05, 0) is 105 Å². The fraction of sp³-hybridized carbons (Fsp3) is 0.529. The highest BCUT2D eigenvalue weighted by atomic mass is 16.2. The van der Waals surface area contributed by atoms with Crippen LogP contribution in [0.15, 0.2) is 48.5 Å². The van der Waals surface area contributed by atoms with Crippen molar-refractivity contribution in [1.82, 2.24) is 4.98 Å². The Morgan fingerprint density at radius 3 is 2.23 bits per heavy atom. The number of nitrogens with one attached hydrogen (secondary N) is 3. The van der Waals surface area contributed by atoms with Crippen molar-refractivity contribution in [3.63, 3.8) is 0 Å². The lowest BCUT2D eigenvalue weighted by Crippen LogP contribution is -2.51. The zero-order valence-corrected chi connectivity index (χ0v) is 23.1. The maximum atomic E-state index is 13.5. The molecule has 3 N–H and O–H groups in total. The van der Waals surface area contributed by atoms with E-state index in [1.807, 2.05) is 6.07 Å². The van der Waals surface area contributed by atoms with Gasteiger partial charge in [-0.15, -0.1) is 0 Å². The second-order valence-electron chi connectivity index (χ2n) is 13.4. The molecule has 1 aromatic heterocycles. The summed E-state index contributed by atoms with van der Waals surface area (Å²) in [7, 11) is 0. The molecule has 2 aromatic carbocycles. The number of H-pyrrole nitrogens is 1. The number of carbonyl (C=O) groups excluding carboxylic acids is 2. The number of carbonyl (C=O) groups is 2. The van der Waals surface area contributed by atoms with Gasteiger partial charge in [0.15, 0.2) is 5.78 Å². The van der Waals surface area contributed by atoms with E-state index in [2.05, 4.69) is 65.0 Å². The number of ketones is 1. The molecule has 8 rings (SSSR count). The average Bonchev–Trinajstić information content (AvgIpc) is 3.35. The first-order chi connectivity index (χ1) is 18.9. The van der Waals surface area contributed by atoms with Gasteiger partial charge >= 0.3 is 0 Å². The Bertz CT molecular complexity index is 1350. The molecule has 1 heterocycles. The van der Waals surface area contributed by atoms with Crippen molar-refractivity contribution in [3.05, 3.63) is 48.5 Å². The highest BCUT2D eigenvalue weighted by Gasteiger charge is 2.54. The minimum absolute atomic E-state index is 0.139. The van der Waals surface area contributed by atoms with Crippen LogP contribution in [0, 0.1) is 35.0 Å². The molecule has 5 aliphatic carbocycles. The van der Waals surface area contributed by atoms with Gasteiger partial charge in [-0.25, -0.2) is 0 Å². The second kappa shape index (κ2) is 9.83. The van der Waals surface area contributed by atoms with Gasteiger partial charge in [0.05, 0.1) is 12.0 Å². The Balaban J connectivity index is 1.01. The molecular formula is C34H41N3O2. The first-order valence-corrected chi connectivity index (χ1v) is 15.3. The number of hydrogen-bond donors (Lipinski definition) is 3. The molecule has 4 bridgehead atoms. The van der Waals surface area contributed by atoms with Crippen LogP contribution in [-0.4, -0.2) is 23.2 Å². The summed E-state index contributed by atoms with van der Waals surface area (Å²) < 4.78 is 0. The molecule has 5 fully saturated rings. The Morgan fingerprint density at radius 1 is 0.872 bits per heavy atom. The summed E-state index contributed by atoms with van der Waals surface area (Å²) in [4.78, 5) is 29.8. The van der Waals surface area contributed by atoms with Crippen molar-refractivity contribution in [3.8, 4) is 11.3 Å². The third-order valence-electron chi connectivity index (χ3n) is 10.6. The van der Waals surface area contributed by atoms with Crippen LogP contribution in [0.4, 0.5) is 11.4 Å². The van der Waals surface area contributed by atoms with Gasteiger partial charge in [0, 0.05) is 33.9 Å². The maximum Gasteiger partial charge on any atom is 0.230 e. The quantitative estimate of drug-likeness (QED) is 0.296. The number of anilines is 2. The van der Waals surface area contributed by atoms with Crippen LogP contribution < -0.4 is 10.6 Å². The normalized spacial score (nSPS) is 31.4. The van der Waals surface area contributed by atoms with Gasteiger partial charge < -0.3 is 15.6 Å². The van der Waals surface area contributed by atoms with Crippen LogP contribution in [0.2, 0.25) is 0 Å². The number of fused-ring (bicyclic) bond motifs is 1. The van der Waals surface area contributed by atoms with Crippen LogP contribution >= 0.6 is 0 Å². The predicted octanol–water partition coefficient (Wildman–Crippen LogP) is 7.80. The molecule has 2 atom stereocenters. The summed E-state index contributed by atoms with van der Waals surface area (Å²) in [5, 5.41) is 7.77. The largest absolute Gasteiger partial charge is 0.378 e. The Labute approximate surface area is 231 Å². The zero-order valence-electron chi connectivity index (χ0n) is 23.1. The SMILES string of the molecule is CC1CCCCC1C(=O)CNc1ccc(-c2cc3ccc(NC(=O)C45CC6CC(CC(C6)C4)C5)cc3[nH]2)cc1. The highest BCUT2D eigenvalue weighted by molar-refractivity contribution is 5.98. The second-order valence-corrected chi connectivity index (χ2v) is 13.4. The van der Waals surface area contributed by atoms with Gasteiger partial charge in [0.2, 0.25) is 5.91 Å². The number of amides is 1. The average molecular weight is 524 g/mol. The van der Waals surface area contributed by atoms with Crippen LogP contribution in [0.25, 0.3) is 22.2 Å². The molecule has 5 saturated carbocycles. The van der Waals surface area contributed by atoms with Gasteiger partial charge in [-0.1, -0.05) is 44.4 Å². The molecule has 1 amide bonds. The summed E-state index contributed by atoms with van der Waals surface area (Å²) in [6.45, 7) is 2.62. The molecule has 0 aliphatic heterocycles. The molecule has 0 radical (unpaired) electrons. The zero-order chi connectivity index (χ0) is 26.6. The summed E-state index contributed by atoms with van der Waals surface area (Å²) >= 11 is 0. The minimum atomic E-state index is -0.139. The van der Waals surface area contributed by atoms with E-state index in [0.29, 0.717) is 18.2 Å². The molecule has 204 valence electrons. The third kappa shape index (κ3) is 4.79. The smallest absolute Gasteiger partial charge is 0.230 e. The van der Waals surface area contributed by atoms with Gasteiger partial charge in [0.1, 0.15) is 0 Å². The summed E-state index contributed by atoms with van der Waals surface area (Å²) in [5.41, 5.74) is 4.90. The Hall–Kier alpha value is -3.08. The van der Waals surface area contributed by atoms with Crippen LogP contribution in [-0.2, 0) is 9.59 Å². The molecule has 39 heavy (non-hydrogen) atoms. The predicted molar refractivity (Wildman–Crippen MR) is 158 cm³/mol. The van der Waals surface area contributed by atoms with Crippen molar-refractivity contribution in [1.29, 1.82) is 0 Å². The summed E-state index contributed by atoms with van der Waals surface area (Å²) in [5.74, 6) is 3.58. The fourth-order valence-electron chi connectivity index (χ4n) is 8.90. The lowest BCUT2D eigenvalue weighted by atomic mass is 9.49. The van der Waals surface area contributed by atoms with E-state index in [1.54, 1.807) is 0 Å². The minimum Gasteiger partial charge on any atom is -0.378 e. The van der Waals surface area contributed by atoms with Crippen LogP contribution in [0.5, 0.6) is 0 Å². The molecule has 5 aliphatic rings. The van der Waals surface area contributed by atoms with E-state index in [-0.39, 0.29) is 17.2 Å². The standard InChI is InChI=1S/C34H41N3O2/c1-21-4-2-3-5-29(21)32(38)20-35-27-9-6-25(7-10-27)30-15-26-8-11-28(16-31(26)37-30)36-33(39)34-17-22-12-23(18-34)14-24(13-22)19-34/h6-11,15-16,21-24,29,35,37H,2-5,12-14,17-20H2,1H3,(H,36,39). The van der Waals surface area contributed by atoms with Gasteiger partial charge in [-0.2, -0.15) is 0 Å². The lowest BCUT2D eigenvalue weighted by molar-refractivity contribution is -0.140. The number of aromatic nitrogens is 1. The summed E-state index contributed by atoms with van der Waals surface area (Å²) in [6, 6.07) is 16.7. The fourth-order valence-corrected chi connectivity index (χ4v) is 8.90. The first kappa shape index (κ1) is 24.9. The monoisotopic (exact) mass is 523 g/mol. The number of rotatable bonds is 7. The third-order valence-corrected chi connectivity index (χ3v) is 10.6. The van der Waals surface area contributed by atoms with Crippen molar-refractivity contribution in [2.75, 3.05) is 17.2 Å². The van der Waals surface area contributed by atoms with E-state index in [0.717, 1.165) is 77.0 Å². The van der Waals surface area contributed by atoms with Gasteiger partial charge in [-0.3, -0.25) is 9.59 Å². The van der Waals surface area contributed by atoms with E-state index in [9.17, 15) is 9.59 Å². The van der Waals surface area contributed by atoms with Crippen LogP contribution in [0.1, 0.15) is 71.1 Å². The van der Waals surface area contributed by atoms with Crippen molar-refractivity contribution in [2.24, 2.45) is 35.0 Å². The number of aromatic amines is 1. The van der Waals surface area contributed by atoms with Crippen molar-refractivity contribution in [2.45, 2.75) is 71.1 Å². The van der Waals surface area contributed by atoms with E-state index < -0.39 is 0 Å². The molecule has 0 saturated heterocycles. The highest BCUT2D eigenvalue weighted by Crippen LogP contribution is 2.60. The van der Waals surface area contributed by atoms with Gasteiger partial charge in [0.25, 0.3) is 0 Å². The van der Waals surface area contributed by atoms with Crippen LogP contribution in [0.3, 0.4) is 0 Å². The molecule has 0 spiro atoms. The topological polar surface area (TPSA) is 74.0 Å². The summed E-state index contributed by atoms with van der Waals surface area (Å²) in [6.07, 6.45) is 11.9. The number of benzene rings is 2. The maximum absolute atomic E-state index is 13.5. The van der Waals surface area contributed by atoms with Crippen molar-refractivity contribution >= 4 is 34.0 Å². The molecule has 5 heteroatoms. The van der Waals surface area contributed by atoms with Crippen molar-refractivity contribution < 1.29 is 9.59 Å². The molecule has 3 aromatic rings. The Kier molecular flexibility index (Phi) is 6.28. The Morgan fingerprint density at radius 2 is 1.54 bits per heavy atom.